The summed E-state index contributed by atoms with van der Waals surface area (Å²) in [6.07, 6.45) is 1.09. The summed E-state index contributed by atoms with van der Waals surface area (Å²) in [5, 5.41) is 9.59. The third-order valence-electron chi connectivity index (χ3n) is 2.37. The number of hydrogen-bond acceptors (Lipinski definition) is 4. The second-order valence-electron chi connectivity index (χ2n) is 4.22. The molecule has 1 N–H and O–H groups in total. The summed E-state index contributed by atoms with van der Waals surface area (Å²) in [5.74, 6) is 0. The minimum Gasteiger partial charge on any atom is -0.391 e. The van der Waals surface area contributed by atoms with Crippen LogP contribution in [0.4, 0.5) is 0 Å². The van der Waals surface area contributed by atoms with Crippen LogP contribution in [0.25, 0.3) is 0 Å². The molecule has 15 heavy (non-hydrogen) atoms. The molecule has 0 aromatic heterocycles. The van der Waals surface area contributed by atoms with E-state index in [9.17, 15) is 5.11 Å². The van der Waals surface area contributed by atoms with Gasteiger partial charge in [0.2, 0.25) is 0 Å². The van der Waals surface area contributed by atoms with Crippen molar-refractivity contribution in [2.75, 3.05) is 34.0 Å². The highest BCUT2D eigenvalue weighted by atomic mass is 16.5. The lowest BCUT2D eigenvalue weighted by Gasteiger charge is -2.24. The van der Waals surface area contributed by atoms with Crippen molar-refractivity contribution in [3.8, 4) is 0 Å². The molecule has 0 aliphatic rings. The van der Waals surface area contributed by atoms with Crippen LogP contribution < -0.4 is 0 Å². The Kier molecular flexibility index (Phi) is 7.96. The standard InChI is InChI=1S/C11H24O4/c1-11(2,14-4)6-5-10(12)9-15-8-7-13-3/h10,12H,5-9H2,1-4H3. The zero-order valence-electron chi connectivity index (χ0n) is 10.3. The predicted octanol–water partition coefficient (Wildman–Crippen LogP) is 1.22. The van der Waals surface area contributed by atoms with Crippen molar-refractivity contribution in [1.82, 2.24) is 0 Å². The number of methoxy groups -OCH3 is 2. The molecule has 0 heterocycles. The van der Waals surface area contributed by atoms with Crippen LogP contribution in [0.1, 0.15) is 26.7 Å². The van der Waals surface area contributed by atoms with E-state index in [1.165, 1.54) is 0 Å². The molecule has 4 heteroatoms. The Morgan fingerprint density at radius 2 is 1.87 bits per heavy atom. The molecule has 0 aromatic carbocycles. The van der Waals surface area contributed by atoms with Crippen LogP contribution in [0.2, 0.25) is 0 Å². The fraction of sp³-hybridized carbons (Fsp3) is 1.00. The van der Waals surface area contributed by atoms with E-state index in [1.54, 1.807) is 14.2 Å². The van der Waals surface area contributed by atoms with Crippen LogP contribution in [-0.2, 0) is 14.2 Å². The predicted molar refractivity (Wildman–Crippen MR) is 59.0 cm³/mol. The van der Waals surface area contributed by atoms with Gasteiger partial charge in [0, 0.05) is 14.2 Å². The molecule has 0 aromatic rings. The maximum absolute atomic E-state index is 9.59. The summed E-state index contributed by atoms with van der Waals surface area (Å²) in [7, 11) is 3.31. The second-order valence-corrected chi connectivity index (χ2v) is 4.22. The normalized spacial score (nSPS) is 14.2. The number of ether oxygens (including phenoxy) is 3. The zero-order valence-corrected chi connectivity index (χ0v) is 10.3. The minimum atomic E-state index is -0.420. The van der Waals surface area contributed by atoms with Crippen molar-refractivity contribution in [3.05, 3.63) is 0 Å². The Labute approximate surface area is 92.5 Å². The molecule has 1 atom stereocenters. The number of rotatable bonds is 9. The lowest BCUT2D eigenvalue weighted by molar-refractivity contribution is -0.0192. The quantitative estimate of drug-likeness (QED) is 0.593. The fourth-order valence-corrected chi connectivity index (χ4v) is 1.06. The van der Waals surface area contributed by atoms with Gasteiger partial charge in [0.1, 0.15) is 0 Å². The zero-order chi connectivity index (χ0) is 11.7. The molecule has 0 spiro atoms. The molecule has 0 aliphatic heterocycles. The fourth-order valence-electron chi connectivity index (χ4n) is 1.06. The summed E-state index contributed by atoms with van der Waals surface area (Å²) in [4.78, 5) is 0. The highest BCUT2D eigenvalue weighted by molar-refractivity contribution is 4.70. The van der Waals surface area contributed by atoms with Crippen molar-refractivity contribution in [3.63, 3.8) is 0 Å². The summed E-state index contributed by atoms with van der Waals surface area (Å²) in [6, 6.07) is 0. The van der Waals surface area contributed by atoms with E-state index in [1.807, 2.05) is 13.8 Å². The molecule has 0 saturated heterocycles. The van der Waals surface area contributed by atoms with Gasteiger partial charge >= 0.3 is 0 Å². The van der Waals surface area contributed by atoms with E-state index in [-0.39, 0.29) is 5.60 Å². The molecule has 92 valence electrons. The summed E-state index contributed by atoms with van der Waals surface area (Å²) < 4.78 is 15.3. The van der Waals surface area contributed by atoms with E-state index < -0.39 is 6.10 Å². The molecule has 0 saturated carbocycles. The largest absolute Gasteiger partial charge is 0.391 e. The van der Waals surface area contributed by atoms with Crippen LogP contribution in [0.3, 0.4) is 0 Å². The van der Waals surface area contributed by atoms with Crippen molar-refractivity contribution in [1.29, 1.82) is 0 Å². The van der Waals surface area contributed by atoms with Gasteiger partial charge in [-0.15, -0.1) is 0 Å². The number of aliphatic hydroxyl groups is 1. The molecule has 1 unspecified atom stereocenters. The Morgan fingerprint density at radius 3 is 2.40 bits per heavy atom. The minimum absolute atomic E-state index is 0.173. The molecule has 0 radical (unpaired) electrons. The first-order valence-corrected chi connectivity index (χ1v) is 5.31. The maximum Gasteiger partial charge on any atom is 0.0774 e. The topological polar surface area (TPSA) is 47.9 Å². The monoisotopic (exact) mass is 220 g/mol. The highest BCUT2D eigenvalue weighted by Gasteiger charge is 2.18. The van der Waals surface area contributed by atoms with Crippen molar-refractivity contribution in [2.24, 2.45) is 0 Å². The first kappa shape index (κ1) is 14.8. The average Bonchev–Trinajstić information content (AvgIpc) is 2.22. The molecule has 0 amide bonds. The molecular formula is C11H24O4. The van der Waals surface area contributed by atoms with Crippen molar-refractivity contribution >= 4 is 0 Å². The van der Waals surface area contributed by atoms with E-state index in [0.717, 1.165) is 6.42 Å². The smallest absolute Gasteiger partial charge is 0.0774 e. The SMILES string of the molecule is COCCOCC(O)CCC(C)(C)OC. The second kappa shape index (κ2) is 8.05. The van der Waals surface area contributed by atoms with Crippen LogP contribution in [0.15, 0.2) is 0 Å². The lowest BCUT2D eigenvalue weighted by Crippen LogP contribution is -2.26. The first-order valence-electron chi connectivity index (χ1n) is 5.31. The third-order valence-corrected chi connectivity index (χ3v) is 2.37. The van der Waals surface area contributed by atoms with Crippen LogP contribution in [0, 0.1) is 0 Å². The number of hydrogen-bond donors (Lipinski definition) is 1. The van der Waals surface area contributed by atoms with E-state index >= 15 is 0 Å². The Balaban J connectivity index is 3.44. The Bertz CT molecular complexity index is 148. The number of aliphatic hydroxyl groups excluding tert-OH is 1. The van der Waals surface area contributed by atoms with Gasteiger partial charge < -0.3 is 19.3 Å². The lowest BCUT2D eigenvalue weighted by atomic mass is 10.0. The van der Waals surface area contributed by atoms with Crippen molar-refractivity contribution in [2.45, 2.75) is 38.4 Å². The summed E-state index contributed by atoms with van der Waals surface area (Å²) >= 11 is 0. The van der Waals surface area contributed by atoms with Gasteiger partial charge in [-0.2, -0.15) is 0 Å². The summed E-state index contributed by atoms with van der Waals surface area (Å²) in [5.41, 5.74) is -0.173. The third kappa shape index (κ3) is 8.81. The van der Waals surface area contributed by atoms with Gasteiger partial charge in [0.25, 0.3) is 0 Å². The van der Waals surface area contributed by atoms with Crippen LogP contribution in [0.5, 0.6) is 0 Å². The molecule has 0 bridgehead atoms. The molecule has 0 fully saturated rings. The molecule has 4 nitrogen and oxygen atoms in total. The van der Waals surface area contributed by atoms with Gasteiger partial charge in [0.15, 0.2) is 0 Å². The van der Waals surface area contributed by atoms with Gasteiger partial charge in [-0.25, -0.2) is 0 Å². The first-order chi connectivity index (χ1) is 7.02. The van der Waals surface area contributed by atoms with Gasteiger partial charge in [0.05, 0.1) is 31.5 Å². The maximum atomic E-state index is 9.59. The van der Waals surface area contributed by atoms with E-state index in [4.69, 9.17) is 14.2 Å². The molecule has 0 aliphatic carbocycles. The molecule has 0 rings (SSSR count). The van der Waals surface area contributed by atoms with E-state index in [0.29, 0.717) is 26.2 Å². The average molecular weight is 220 g/mol. The van der Waals surface area contributed by atoms with Crippen molar-refractivity contribution < 1.29 is 19.3 Å². The van der Waals surface area contributed by atoms with Gasteiger partial charge in [-0.1, -0.05) is 0 Å². The van der Waals surface area contributed by atoms with E-state index in [2.05, 4.69) is 0 Å². The Morgan fingerprint density at radius 1 is 1.20 bits per heavy atom. The highest BCUT2D eigenvalue weighted by Crippen LogP contribution is 2.16. The van der Waals surface area contributed by atoms with Gasteiger partial charge in [-0.3, -0.25) is 0 Å². The van der Waals surface area contributed by atoms with Crippen LogP contribution >= 0.6 is 0 Å². The Hall–Kier alpha value is -0.160. The van der Waals surface area contributed by atoms with Crippen LogP contribution in [-0.4, -0.2) is 50.9 Å². The summed E-state index contributed by atoms with van der Waals surface area (Å²) in [6.45, 7) is 5.47. The van der Waals surface area contributed by atoms with Gasteiger partial charge in [-0.05, 0) is 26.7 Å². The molecular weight excluding hydrogens is 196 g/mol.